The molecule has 1 aliphatic rings. The van der Waals surface area contributed by atoms with Gasteiger partial charge in [0, 0.05) is 12.6 Å². The largest absolute Gasteiger partial charge is 0.383 e. The Morgan fingerprint density at radius 1 is 1.40 bits per heavy atom. The summed E-state index contributed by atoms with van der Waals surface area (Å²) in [5.41, 5.74) is 0.154. The summed E-state index contributed by atoms with van der Waals surface area (Å²) >= 11 is 0. The summed E-state index contributed by atoms with van der Waals surface area (Å²) in [6, 6.07) is 11.1. The molecule has 2 heterocycles. The second kappa shape index (κ2) is 4.76. The fourth-order valence-corrected chi connectivity index (χ4v) is 2.58. The number of hydrogen-bond donors (Lipinski definition) is 1. The summed E-state index contributed by atoms with van der Waals surface area (Å²) in [6.45, 7) is 2.53. The van der Waals surface area contributed by atoms with Crippen LogP contribution in [0.15, 0.2) is 40.9 Å². The molecule has 2 aromatic rings. The Morgan fingerprint density at radius 3 is 2.80 bits per heavy atom. The van der Waals surface area contributed by atoms with Crippen molar-refractivity contribution in [3.05, 3.63) is 53.4 Å². The van der Waals surface area contributed by atoms with Crippen LogP contribution in [0.25, 0.3) is 0 Å². The Kier molecular flexibility index (Phi) is 3.06. The van der Waals surface area contributed by atoms with Gasteiger partial charge in [-0.05, 0) is 18.9 Å². The fraction of sp³-hybridized carbons (Fsp3) is 0.333. The number of aromatic nitrogens is 1. The minimum atomic E-state index is -0.976. The number of β-amino-alcohol motifs (C(OH)–C–C–N with tert-alkyl or cyclic N) is 1. The van der Waals surface area contributed by atoms with Gasteiger partial charge in [0.2, 0.25) is 0 Å². The summed E-state index contributed by atoms with van der Waals surface area (Å²) in [4.78, 5) is 13.9. The smallest absolute Gasteiger partial charge is 0.276 e. The van der Waals surface area contributed by atoms with E-state index >= 15 is 0 Å². The Labute approximate surface area is 116 Å². The summed E-state index contributed by atoms with van der Waals surface area (Å²) in [7, 11) is 0. The second-order valence-corrected chi connectivity index (χ2v) is 5.20. The first-order valence-corrected chi connectivity index (χ1v) is 6.59. The van der Waals surface area contributed by atoms with E-state index in [4.69, 9.17) is 4.52 Å². The van der Waals surface area contributed by atoms with Crippen molar-refractivity contribution in [1.29, 1.82) is 0 Å². The average Bonchev–Trinajstić information content (AvgIpc) is 3.07. The van der Waals surface area contributed by atoms with Crippen molar-refractivity contribution < 1.29 is 14.4 Å². The number of benzene rings is 1. The molecule has 1 atom stereocenters. The third-order valence-corrected chi connectivity index (χ3v) is 3.69. The molecule has 1 aromatic heterocycles. The number of likely N-dealkylation sites (tertiary alicyclic amines) is 1. The SMILES string of the molecule is Cc1cc(C(=O)N2CC[C@](O)(c3ccccc3)C2)no1. The van der Waals surface area contributed by atoms with Crippen molar-refractivity contribution in [3.63, 3.8) is 0 Å². The molecular weight excluding hydrogens is 256 g/mol. The van der Waals surface area contributed by atoms with Crippen LogP contribution in [0.4, 0.5) is 0 Å². The number of carbonyl (C=O) groups excluding carboxylic acids is 1. The zero-order chi connectivity index (χ0) is 14.2. The van der Waals surface area contributed by atoms with Crippen LogP contribution in [0.3, 0.4) is 0 Å². The van der Waals surface area contributed by atoms with E-state index in [1.165, 1.54) is 0 Å². The van der Waals surface area contributed by atoms with Crippen molar-refractivity contribution in [2.75, 3.05) is 13.1 Å². The second-order valence-electron chi connectivity index (χ2n) is 5.20. The molecule has 5 heteroatoms. The van der Waals surface area contributed by atoms with Crippen molar-refractivity contribution in [2.24, 2.45) is 0 Å². The molecule has 3 rings (SSSR count). The molecule has 1 saturated heterocycles. The molecule has 0 radical (unpaired) electrons. The van der Waals surface area contributed by atoms with Crippen LogP contribution in [0.1, 0.15) is 28.2 Å². The van der Waals surface area contributed by atoms with Gasteiger partial charge < -0.3 is 14.5 Å². The first-order valence-electron chi connectivity index (χ1n) is 6.59. The van der Waals surface area contributed by atoms with Gasteiger partial charge >= 0.3 is 0 Å². The maximum absolute atomic E-state index is 12.3. The van der Waals surface area contributed by atoms with Gasteiger partial charge in [-0.2, -0.15) is 0 Å². The topological polar surface area (TPSA) is 66.6 Å². The number of hydrogen-bond acceptors (Lipinski definition) is 4. The quantitative estimate of drug-likeness (QED) is 0.904. The molecule has 0 unspecified atom stereocenters. The lowest BCUT2D eigenvalue weighted by atomic mass is 9.93. The van der Waals surface area contributed by atoms with E-state index in [1.807, 2.05) is 30.3 Å². The zero-order valence-electron chi connectivity index (χ0n) is 11.2. The van der Waals surface area contributed by atoms with E-state index in [1.54, 1.807) is 17.9 Å². The highest BCUT2D eigenvalue weighted by Gasteiger charge is 2.40. The molecule has 0 aliphatic carbocycles. The summed E-state index contributed by atoms with van der Waals surface area (Å²) in [6.07, 6.45) is 0.527. The highest BCUT2D eigenvalue weighted by atomic mass is 16.5. The van der Waals surface area contributed by atoms with Crippen LogP contribution in [0.5, 0.6) is 0 Å². The van der Waals surface area contributed by atoms with Gasteiger partial charge in [-0.15, -0.1) is 0 Å². The molecule has 5 nitrogen and oxygen atoms in total. The summed E-state index contributed by atoms with van der Waals surface area (Å²) < 4.78 is 4.92. The number of nitrogens with zero attached hydrogens (tertiary/aromatic N) is 2. The normalized spacial score (nSPS) is 22.2. The highest BCUT2D eigenvalue weighted by molar-refractivity contribution is 5.92. The maximum Gasteiger partial charge on any atom is 0.276 e. The van der Waals surface area contributed by atoms with Crippen molar-refractivity contribution in [3.8, 4) is 0 Å². The lowest BCUT2D eigenvalue weighted by molar-refractivity contribution is 0.0414. The van der Waals surface area contributed by atoms with Gasteiger partial charge in [0.1, 0.15) is 11.4 Å². The Hall–Kier alpha value is -2.14. The predicted molar refractivity (Wildman–Crippen MR) is 72.1 cm³/mol. The van der Waals surface area contributed by atoms with E-state index in [0.717, 1.165) is 5.56 Å². The van der Waals surface area contributed by atoms with Gasteiger partial charge in [-0.25, -0.2) is 0 Å². The first-order chi connectivity index (χ1) is 9.58. The minimum Gasteiger partial charge on any atom is -0.383 e. The third kappa shape index (κ3) is 2.20. The van der Waals surface area contributed by atoms with Crippen LogP contribution in [0.2, 0.25) is 0 Å². The monoisotopic (exact) mass is 272 g/mol. The lowest BCUT2D eigenvalue weighted by Gasteiger charge is -2.23. The molecule has 0 saturated carbocycles. The Morgan fingerprint density at radius 2 is 2.15 bits per heavy atom. The third-order valence-electron chi connectivity index (χ3n) is 3.69. The Balaban J connectivity index is 1.78. The molecule has 0 spiro atoms. The fourth-order valence-electron chi connectivity index (χ4n) is 2.58. The molecule has 1 N–H and O–H groups in total. The summed E-state index contributed by atoms with van der Waals surface area (Å²) in [5, 5.41) is 14.4. The van der Waals surface area contributed by atoms with Crippen LogP contribution >= 0.6 is 0 Å². The minimum absolute atomic E-state index is 0.200. The molecular formula is C15H16N2O3. The standard InChI is InChI=1S/C15H16N2O3/c1-11-9-13(16-20-11)14(18)17-8-7-15(19,10-17)12-5-3-2-4-6-12/h2-6,9,19H,7-8,10H2,1H3/t15-/m1/s1. The average molecular weight is 272 g/mol. The molecule has 1 fully saturated rings. The molecule has 1 aromatic carbocycles. The number of carbonyl (C=O) groups is 1. The van der Waals surface area contributed by atoms with Gasteiger partial charge in [-0.1, -0.05) is 35.5 Å². The van der Waals surface area contributed by atoms with E-state index in [0.29, 0.717) is 24.4 Å². The molecule has 1 aliphatic heterocycles. The van der Waals surface area contributed by atoms with Gasteiger partial charge in [0.15, 0.2) is 5.69 Å². The van der Waals surface area contributed by atoms with Crippen LogP contribution in [-0.2, 0) is 5.60 Å². The lowest BCUT2D eigenvalue weighted by Crippen LogP contribution is -2.34. The van der Waals surface area contributed by atoms with Gasteiger partial charge in [0.05, 0.1) is 6.54 Å². The first kappa shape index (κ1) is 12.9. The van der Waals surface area contributed by atoms with Crippen molar-refractivity contribution >= 4 is 5.91 Å². The zero-order valence-corrected chi connectivity index (χ0v) is 11.2. The molecule has 1 amide bonds. The number of aryl methyl sites for hydroxylation is 1. The predicted octanol–water partition coefficient (Wildman–Crippen LogP) is 1.72. The number of amides is 1. The molecule has 104 valence electrons. The van der Waals surface area contributed by atoms with E-state index < -0.39 is 5.60 Å². The van der Waals surface area contributed by atoms with E-state index in [2.05, 4.69) is 5.16 Å². The highest BCUT2D eigenvalue weighted by Crippen LogP contribution is 2.32. The van der Waals surface area contributed by atoms with E-state index in [-0.39, 0.29) is 12.5 Å². The number of rotatable bonds is 2. The van der Waals surface area contributed by atoms with Crippen molar-refractivity contribution in [2.45, 2.75) is 18.9 Å². The van der Waals surface area contributed by atoms with E-state index in [9.17, 15) is 9.90 Å². The van der Waals surface area contributed by atoms with Crippen LogP contribution < -0.4 is 0 Å². The van der Waals surface area contributed by atoms with Crippen LogP contribution in [-0.4, -0.2) is 34.2 Å². The number of aliphatic hydroxyl groups is 1. The van der Waals surface area contributed by atoms with Gasteiger partial charge in [0.25, 0.3) is 5.91 Å². The summed E-state index contributed by atoms with van der Waals surface area (Å²) in [5.74, 6) is 0.402. The molecule has 20 heavy (non-hydrogen) atoms. The van der Waals surface area contributed by atoms with Crippen molar-refractivity contribution in [1.82, 2.24) is 10.1 Å². The molecule has 0 bridgehead atoms. The van der Waals surface area contributed by atoms with Crippen LogP contribution in [0, 0.1) is 6.92 Å². The van der Waals surface area contributed by atoms with Gasteiger partial charge in [-0.3, -0.25) is 4.79 Å². The Bertz CT molecular complexity index is 623. The maximum atomic E-state index is 12.3.